The second-order valence-electron chi connectivity index (χ2n) is 10.5. The Morgan fingerprint density at radius 2 is 0.969 bits per heavy atom. The van der Waals surface area contributed by atoms with Crippen LogP contribution < -0.4 is 5.32 Å². The molecule has 2 heteroatoms. The summed E-state index contributed by atoms with van der Waals surface area (Å²) in [5.41, 5.74) is 2.18. The van der Waals surface area contributed by atoms with Crippen LogP contribution in [-0.4, -0.2) is 11.4 Å². The molecular formula is C30H31NO. The maximum atomic E-state index is 14.6. The summed E-state index contributed by atoms with van der Waals surface area (Å²) >= 11 is 0. The van der Waals surface area contributed by atoms with Gasteiger partial charge in [-0.2, -0.15) is 0 Å². The zero-order valence-electron chi connectivity index (χ0n) is 18.5. The predicted octanol–water partition coefficient (Wildman–Crippen LogP) is 6.11. The zero-order valence-corrected chi connectivity index (χ0v) is 18.5. The van der Waals surface area contributed by atoms with E-state index in [0.717, 1.165) is 53.7 Å². The molecule has 7 rings (SSSR count). The molecule has 0 saturated heterocycles. The monoisotopic (exact) mass is 421 g/mol. The topological polar surface area (TPSA) is 29.1 Å². The number of hydrogen-bond acceptors (Lipinski definition) is 1. The lowest BCUT2D eigenvalue weighted by Gasteiger charge is -2.57. The summed E-state index contributed by atoms with van der Waals surface area (Å²) < 4.78 is 0. The van der Waals surface area contributed by atoms with Gasteiger partial charge in [0.25, 0.3) is 0 Å². The first-order valence-corrected chi connectivity index (χ1v) is 12.2. The van der Waals surface area contributed by atoms with E-state index < -0.39 is 5.41 Å². The van der Waals surface area contributed by atoms with E-state index in [2.05, 4.69) is 41.7 Å². The van der Waals surface area contributed by atoms with Gasteiger partial charge in [-0.3, -0.25) is 4.79 Å². The van der Waals surface area contributed by atoms with E-state index in [0.29, 0.717) is 0 Å². The van der Waals surface area contributed by atoms with Gasteiger partial charge >= 0.3 is 0 Å². The minimum atomic E-state index is -0.868. The highest BCUT2D eigenvalue weighted by Gasteiger charge is 2.54. The normalized spacial score (nSPS) is 28.4. The van der Waals surface area contributed by atoms with Crippen LogP contribution >= 0.6 is 0 Å². The minimum Gasteiger partial charge on any atom is -0.349 e. The minimum absolute atomic E-state index is 0.0323. The molecule has 0 unspecified atom stereocenters. The molecule has 0 aromatic heterocycles. The van der Waals surface area contributed by atoms with Crippen molar-refractivity contribution in [3.05, 3.63) is 108 Å². The second kappa shape index (κ2) is 7.62. The average Bonchev–Trinajstić information content (AvgIpc) is 2.80. The van der Waals surface area contributed by atoms with Gasteiger partial charge in [0.05, 0.1) is 0 Å². The number of benzene rings is 3. The fourth-order valence-electron chi connectivity index (χ4n) is 7.56. The first-order valence-electron chi connectivity index (χ1n) is 12.2. The van der Waals surface area contributed by atoms with Gasteiger partial charge in [0, 0.05) is 5.54 Å². The Balaban J connectivity index is 1.50. The van der Waals surface area contributed by atoms with E-state index >= 15 is 0 Å². The molecule has 0 radical (unpaired) electrons. The standard InChI is InChI=1S/C30H31NO/c32-28(31-29-19-22-16-23(20-29)18-24(17-22)21-29)30(25-10-4-1-5-11-25,26-12-6-2-7-13-26)27-14-8-3-9-15-27/h1-15,22-24H,16-21H2,(H,31,32). The maximum absolute atomic E-state index is 14.6. The third kappa shape index (κ3) is 3.11. The Hall–Kier alpha value is -2.87. The van der Waals surface area contributed by atoms with Crippen LogP contribution in [0.1, 0.15) is 55.2 Å². The molecule has 0 spiro atoms. The second-order valence-corrected chi connectivity index (χ2v) is 10.5. The molecule has 4 bridgehead atoms. The molecule has 4 fully saturated rings. The van der Waals surface area contributed by atoms with Crippen LogP contribution in [0.2, 0.25) is 0 Å². The fraction of sp³-hybridized carbons (Fsp3) is 0.367. The van der Waals surface area contributed by atoms with Gasteiger partial charge < -0.3 is 5.32 Å². The van der Waals surface area contributed by atoms with Crippen molar-refractivity contribution in [2.75, 3.05) is 0 Å². The van der Waals surface area contributed by atoms with Gasteiger partial charge in [-0.05, 0) is 73.0 Å². The third-order valence-corrected chi connectivity index (χ3v) is 8.38. The van der Waals surface area contributed by atoms with Crippen LogP contribution in [0, 0.1) is 17.8 Å². The first kappa shape index (κ1) is 19.8. The number of rotatable bonds is 5. The zero-order chi connectivity index (χ0) is 21.6. The van der Waals surface area contributed by atoms with Crippen LogP contribution in [0.15, 0.2) is 91.0 Å². The SMILES string of the molecule is O=C(NC12CC3CC(CC(C3)C1)C2)C(c1ccccc1)(c1ccccc1)c1ccccc1. The van der Waals surface area contributed by atoms with E-state index in [1.165, 1.54) is 19.3 Å². The van der Waals surface area contributed by atoms with Gasteiger partial charge in [0.1, 0.15) is 5.41 Å². The van der Waals surface area contributed by atoms with Crippen LogP contribution in [0.3, 0.4) is 0 Å². The summed E-state index contributed by atoms with van der Waals surface area (Å²) in [5.74, 6) is 2.51. The predicted molar refractivity (Wildman–Crippen MR) is 128 cm³/mol. The van der Waals surface area contributed by atoms with Crippen molar-refractivity contribution in [2.45, 2.75) is 49.5 Å². The maximum Gasteiger partial charge on any atom is 0.240 e. The summed E-state index contributed by atoms with van der Waals surface area (Å²) in [5, 5.41) is 3.72. The molecule has 0 aliphatic heterocycles. The fourth-order valence-corrected chi connectivity index (χ4v) is 7.56. The van der Waals surface area contributed by atoms with Crippen LogP contribution in [0.4, 0.5) is 0 Å². The van der Waals surface area contributed by atoms with Gasteiger partial charge in [-0.1, -0.05) is 91.0 Å². The lowest BCUT2D eigenvalue weighted by atomic mass is 9.52. The Morgan fingerprint density at radius 3 is 1.31 bits per heavy atom. The van der Waals surface area contributed by atoms with Crippen molar-refractivity contribution in [3.63, 3.8) is 0 Å². The Kier molecular flexibility index (Phi) is 4.71. The molecule has 4 aliphatic carbocycles. The lowest BCUT2D eigenvalue weighted by Crippen LogP contribution is -2.63. The smallest absolute Gasteiger partial charge is 0.240 e. The largest absolute Gasteiger partial charge is 0.349 e. The Morgan fingerprint density at radius 1 is 0.625 bits per heavy atom. The molecule has 162 valence electrons. The van der Waals surface area contributed by atoms with Crippen molar-refractivity contribution in [2.24, 2.45) is 17.8 Å². The van der Waals surface area contributed by atoms with Crippen molar-refractivity contribution in [3.8, 4) is 0 Å². The molecular weight excluding hydrogens is 390 g/mol. The van der Waals surface area contributed by atoms with Crippen LogP contribution in [0.25, 0.3) is 0 Å². The van der Waals surface area contributed by atoms with Crippen molar-refractivity contribution >= 4 is 5.91 Å². The quantitative estimate of drug-likeness (QED) is 0.495. The first-order chi connectivity index (χ1) is 15.7. The summed E-state index contributed by atoms with van der Waals surface area (Å²) in [7, 11) is 0. The molecule has 3 aromatic carbocycles. The van der Waals surface area contributed by atoms with Gasteiger partial charge in [-0.25, -0.2) is 0 Å². The molecule has 1 amide bonds. The summed E-state index contributed by atoms with van der Waals surface area (Å²) in [4.78, 5) is 14.6. The Labute approximate surface area is 191 Å². The highest BCUT2D eigenvalue weighted by Crippen LogP contribution is 2.56. The molecule has 4 saturated carbocycles. The van der Waals surface area contributed by atoms with E-state index in [4.69, 9.17) is 0 Å². The average molecular weight is 422 g/mol. The molecule has 2 nitrogen and oxygen atoms in total. The molecule has 0 heterocycles. The molecule has 4 aliphatic rings. The van der Waals surface area contributed by atoms with E-state index in [1.54, 1.807) is 0 Å². The van der Waals surface area contributed by atoms with Gasteiger partial charge in [0.15, 0.2) is 0 Å². The lowest BCUT2D eigenvalue weighted by molar-refractivity contribution is -0.130. The van der Waals surface area contributed by atoms with E-state index in [-0.39, 0.29) is 11.4 Å². The molecule has 3 aromatic rings. The molecule has 0 atom stereocenters. The number of carbonyl (C=O) groups is 1. The van der Waals surface area contributed by atoms with Crippen molar-refractivity contribution in [1.82, 2.24) is 5.32 Å². The number of amides is 1. The highest BCUT2D eigenvalue weighted by atomic mass is 16.2. The summed E-state index contributed by atoms with van der Waals surface area (Å²) in [6.45, 7) is 0. The van der Waals surface area contributed by atoms with Crippen molar-refractivity contribution < 1.29 is 4.79 Å². The van der Waals surface area contributed by atoms with Gasteiger partial charge in [0.2, 0.25) is 5.91 Å². The number of hydrogen-bond donors (Lipinski definition) is 1. The Bertz CT molecular complexity index is 958. The molecule has 32 heavy (non-hydrogen) atoms. The van der Waals surface area contributed by atoms with E-state index in [9.17, 15) is 4.79 Å². The number of nitrogens with one attached hydrogen (secondary N) is 1. The van der Waals surface area contributed by atoms with E-state index in [1.807, 2.05) is 54.6 Å². The summed E-state index contributed by atoms with van der Waals surface area (Å²) in [6.07, 6.45) is 7.57. The third-order valence-electron chi connectivity index (χ3n) is 8.38. The van der Waals surface area contributed by atoms with Crippen molar-refractivity contribution in [1.29, 1.82) is 0 Å². The number of carbonyl (C=O) groups excluding carboxylic acids is 1. The van der Waals surface area contributed by atoms with Crippen LogP contribution in [-0.2, 0) is 10.2 Å². The molecule has 1 N–H and O–H groups in total. The van der Waals surface area contributed by atoms with Crippen LogP contribution in [0.5, 0.6) is 0 Å². The summed E-state index contributed by atoms with van der Waals surface area (Å²) in [6, 6.07) is 31.0. The highest BCUT2D eigenvalue weighted by molar-refractivity contribution is 5.96. The van der Waals surface area contributed by atoms with Gasteiger partial charge in [-0.15, -0.1) is 0 Å².